The van der Waals surface area contributed by atoms with Crippen molar-refractivity contribution in [1.82, 2.24) is 0 Å². The molecule has 4 heteroatoms. The van der Waals surface area contributed by atoms with E-state index in [1.807, 2.05) is 12.1 Å². The number of rotatable bonds is 1. The van der Waals surface area contributed by atoms with Crippen LogP contribution in [0.5, 0.6) is 0 Å². The fourth-order valence-corrected chi connectivity index (χ4v) is 5.55. The first-order chi connectivity index (χ1) is 8.07. The summed E-state index contributed by atoms with van der Waals surface area (Å²) in [7, 11) is -2.80. The van der Waals surface area contributed by atoms with Gasteiger partial charge in [-0.05, 0) is 35.8 Å². The molecule has 0 radical (unpaired) electrons. The molecule has 0 amide bonds. The number of alkyl halides is 1. The van der Waals surface area contributed by atoms with Crippen molar-refractivity contribution in [3.63, 3.8) is 0 Å². The first-order valence-electron chi connectivity index (χ1n) is 5.99. The van der Waals surface area contributed by atoms with Crippen molar-refractivity contribution in [3.05, 3.63) is 35.4 Å². The SMILES string of the molecule is O=S1(=O)CCC(C2Cc3ccccc3C2Cl)C1. The van der Waals surface area contributed by atoms with Crippen molar-refractivity contribution in [1.29, 1.82) is 0 Å². The average molecular weight is 271 g/mol. The van der Waals surface area contributed by atoms with Crippen LogP contribution in [0.15, 0.2) is 24.3 Å². The number of hydrogen-bond acceptors (Lipinski definition) is 2. The van der Waals surface area contributed by atoms with Gasteiger partial charge in [0, 0.05) is 0 Å². The lowest BCUT2D eigenvalue weighted by molar-refractivity contribution is 0.372. The minimum absolute atomic E-state index is 0.00972. The highest BCUT2D eigenvalue weighted by molar-refractivity contribution is 7.91. The fraction of sp³-hybridized carbons (Fsp3) is 0.538. The predicted octanol–water partition coefficient (Wildman–Crippen LogP) is 2.57. The lowest BCUT2D eigenvalue weighted by atomic mass is 9.89. The van der Waals surface area contributed by atoms with Gasteiger partial charge in [0.2, 0.25) is 0 Å². The summed E-state index contributed by atoms with van der Waals surface area (Å²) in [5.41, 5.74) is 2.49. The largest absolute Gasteiger partial charge is 0.229 e. The molecule has 0 bridgehead atoms. The van der Waals surface area contributed by atoms with E-state index in [1.165, 1.54) is 11.1 Å². The average Bonchev–Trinajstić information content (AvgIpc) is 2.81. The number of hydrogen-bond donors (Lipinski definition) is 0. The third-order valence-electron chi connectivity index (χ3n) is 4.06. The van der Waals surface area contributed by atoms with Crippen LogP contribution in [0.3, 0.4) is 0 Å². The van der Waals surface area contributed by atoms with E-state index in [4.69, 9.17) is 11.6 Å². The lowest BCUT2D eigenvalue weighted by Crippen LogP contribution is -2.18. The van der Waals surface area contributed by atoms with Gasteiger partial charge in [-0.1, -0.05) is 24.3 Å². The first-order valence-corrected chi connectivity index (χ1v) is 8.25. The minimum atomic E-state index is -2.80. The van der Waals surface area contributed by atoms with Crippen molar-refractivity contribution >= 4 is 21.4 Å². The summed E-state index contributed by atoms with van der Waals surface area (Å²) in [4.78, 5) is 0. The molecule has 3 unspecified atom stereocenters. The molecular weight excluding hydrogens is 256 g/mol. The number of fused-ring (bicyclic) bond motifs is 1. The molecule has 17 heavy (non-hydrogen) atoms. The van der Waals surface area contributed by atoms with Crippen LogP contribution in [-0.4, -0.2) is 19.9 Å². The van der Waals surface area contributed by atoms with E-state index in [-0.39, 0.29) is 11.3 Å². The maximum Gasteiger partial charge on any atom is 0.150 e. The van der Waals surface area contributed by atoms with Crippen molar-refractivity contribution in [2.45, 2.75) is 18.2 Å². The Hall–Kier alpha value is -0.540. The maximum atomic E-state index is 11.5. The fourth-order valence-electron chi connectivity index (χ4n) is 3.14. The van der Waals surface area contributed by atoms with Crippen molar-refractivity contribution in [2.75, 3.05) is 11.5 Å². The third kappa shape index (κ3) is 2.00. The van der Waals surface area contributed by atoms with Crippen molar-refractivity contribution in [2.24, 2.45) is 11.8 Å². The minimum Gasteiger partial charge on any atom is -0.229 e. The Bertz CT molecular complexity index is 538. The normalized spacial score (nSPS) is 34.8. The van der Waals surface area contributed by atoms with Crippen LogP contribution in [0.2, 0.25) is 0 Å². The van der Waals surface area contributed by atoms with E-state index in [9.17, 15) is 8.42 Å². The van der Waals surface area contributed by atoms with Crippen molar-refractivity contribution in [3.8, 4) is 0 Å². The standard InChI is InChI=1S/C13H15ClO2S/c14-13-11-4-2-1-3-9(11)7-12(13)10-5-6-17(15,16)8-10/h1-4,10,12-13H,5-8H2. The molecule has 1 aliphatic carbocycles. The van der Waals surface area contributed by atoms with E-state index < -0.39 is 9.84 Å². The lowest BCUT2D eigenvalue weighted by Gasteiger charge is -2.20. The van der Waals surface area contributed by atoms with Crippen LogP contribution in [-0.2, 0) is 16.3 Å². The Morgan fingerprint density at radius 3 is 2.65 bits per heavy atom. The second kappa shape index (κ2) is 3.99. The van der Waals surface area contributed by atoms with E-state index in [0.717, 1.165) is 12.8 Å². The topological polar surface area (TPSA) is 34.1 Å². The Morgan fingerprint density at radius 2 is 2.00 bits per heavy atom. The van der Waals surface area contributed by atoms with Gasteiger partial charge in [-0.2, -0.15) is 0 Å². The summed E-state index contributed by atoms with van der Waals surface area (Å²) in [6, 6.07) is 8.20. The molecular formula is C13H15ClO2S. The molecule has 1 aromatic rings. The number of sulfone groups is 1. The van der Waals surface area contributed by atoms with E-state index in [0.29, 0.717) is 17.4 Å². The monoisotopic (exact) mass is 270 g/mol. The van der Waals surface area contributed by atoms with Gasteiger partial charge in [-0.3, -0.25) is 0 Å². The molecule has 3 atom stereocenters. The molecule has 1 fully saturated rings. The Labute approximate surface area is 107 Å². The summed E-state index contributed by atoms with van der Waals surface area (Å²) in [6.45, 7) is 0. The van der Waals surface area contributed by atoms with Gasteiger partial charge >= 0.3 is 0 Å². The highest BCUT2D eigenvalue weighted by Gasteiger charge is 2.41. The summed E-state index contributed by atoms with van der Waals surface area (Å²) in [6.07, 6.45) is 1.72. The van der Waals surface area contributed by atoms with E-state index in [2.05, 4.69) is 12.1 Å². The summed E-state index contributed by atoms with van der Waals surface area (Å²) in [5, 5.41) is -0.00972. The molecule has 1 saturated heterocycles. The van der Waals surface area contributed by atoms with E-state index >= 15 is 0 Å². The smallest absolute Gasteiger partial charge is 0.150 e. The van der Waals surface area contributed by atoms with Gasteiger partial charge in [-0.25, -0.2) is 8.42 Å². The predicted molar refractivity (Wildman–Crippen MR) is 69.0 cm³/mol. The molecule has 0 spiro atoms. The van der Waals surface area contributed by atoms with Crippen molar-refractivity contribution < 1.29 is 8.42 Å². The highest BCUT2D eigenvalue weighted by Crippen LogP contribution is 2.46. The second-order valence-electron chi connectivity index (χ2n) is 5.13. The van der Waals surface area contributed by atoms with Gasteiger partial charge in [0.25, 0.3) is 0 Å². The Balaban J connectivity index is 1.85. The van der Waals surface area contributed by atoms with Gasteiger partial charge < -0.3 is 0 Å². The zero-order valence-corrected chi connectivity index (χ0v) is 11.0. The first kappa shape index (κ1) is 11.5. The van der Waals surface area contributed by atoms with Gasteiger partial charge in [0.15, 0.2) is 9.84 Å². The number of benzene rings is 1. The van der Waals surface area contributed by atoms with E-state index in [1.54, 1.807) is 0 Å². The molecule has 0 saturated carbocycles. The van der Waals surface area contributed by atoms with Gasteiger partial charge in [0.1, 0.15) is 0 Å². The zero-order valence-electron chi connectivity index (χ0n) is 9.47. The third-order valence-corrected chi connectivity index (χ3v) is 6.41. The molecule has 3 rings (SSSR count). The molecule has 2 nitrogen and oxygen atoms in total. The molecule has 92 valence electrons. The number of halogens is 1. The molecule has 1 aromatic carbocycles. The highest BCUT2D eigenvalue weighted by atomic mass is 35.5. The van der Waals surface area contributed by atoms with Crippen LogP contribution in [0, 0.1) is 11.8 Å². The maximum absolute atomic E-state index is 11.5. The van der Waals surface area contributed by atoms with Crippen LogP contribution >= 0.6 is 11.6 Å². The van der Waals surface area contributed by atoms with Crippen LogP contribution < -0.4 is 0 Å². The Kier molecular flexibility index (Phi) is 2.71. The van der Waals surface area contributed by atoms with Gasteiger partial charge in [0.05, 0.1) is 16.9 Å². The second-order valence-corrected chi connectivity index (χ2v) is 7.83. The summed E-state index contributed by atoms with van der Waals surface area (Å²) < 4.78 is 23.1. The summed E-state index contributed by atoms with van der Waals surface area (Å²) >= 11 is 6.49. The Morgan fingerprint density at radius 1 is 1.24 bits per heavy atom. The van der Waals surface area contributed by atoms with Crippen LogP contribution in [0.25, 0.3) is 0 Å². The molecule has 2 aliphatic rings. The quantitative estimate of drug-likeness (QED) is 0.735. The summed E-state index contributed by atoms with van der Waals surface area (Å²) in [5.74, 6) is 1.21. The van der Waals surface area contributed by atoms with Gasteiger partial charge in [-0.15, -0.1) is 11.6 Å². The zero-order chi connectivity index (χ0) is 12.0. The molecule has 1 aliphatic heterocycles. The molecule has 0 aromatic heterocycles. The van der Waals surface area contributed by atoms with Crippen LogP contribution in [0.4, 0.5) is 0 Å². The van der Waals surface area contributed by atoms with Crippen LogP contribution in [0.1, 0.15) is 22.9 Å². The molecule has 1 heterocycles. The molecule has 0 N–H and O–H groups in total.